The van der Waals surface area contributed by atoms with Gasteiger partial charge < -0.3 is 9.73 Å². The Hall–Kier alpha value is -3.65. The number of nitrogens with zero attached hydrogens (tertiary/aromatic N) is 2. The average molecular weight is 421 g/mol. The van der Waals surface area contributed by atoms with E-state index < -0.39 is 17.5 Å². The smallest absolute Gasteiger partial charge is 0.388 e. The molecule has 1 N–H and O–H groups in total. The van der Waals surface area contributed by atoms with Gasteiger partial charge in [-0.15, -0.1) is 5.10 Å². The zero-order valence-electron chi connectivity index (χ0n) is 15.6. The molecule has 3 aromatic carbocycles. The van der Waals surface area contributed by atoms with Crippen molar-refractivity contribution in [2.75, 3.05) is 5.32 Å². The molecule has 1 aromatic heterocycles. The molecule has 0 aliphatic heterocycles. The maximum absolute atomic E-state index is 13.1. The van der Waals surface area contributed by atoms with Crippen molar-refractivity contribution in [2.24, 2.45) is 0 Å². The number of carbonyl (C=O) groups excluding carboxylic acids is 1. The van der Waals surface area contributed by atoms with Gasteiger partial charge in [-0.1, -0.05) is 42.1 Å². The average Bonchev–Trinajstić information content (AvgIpc) is 3.11. The van der Waals surface area contributed by atoms with E-state index in [2.05, 4.69) is 10.4 Å². The number of para-hydroxylation sites is 1. The van der Waals surface area contributed by atoms with E-state index in [1.54, 1.807) is 6.07 Å². The minimum absolute atomic E-state index is 0.0211. The summed E-state index contributed by atoms with van der Waals surface area (Å²) in [4.78, 5) is 26.5. The van der Waals surface area contributed by atoms with Crippen molar-refractivity contribution in [1.29, 1.82) is 0 Å². The van der Waals surface area contributed by atoms with Gasteiger partial charge in [0.2, 0.25) is 11.8 Å². The van der Waals surface area contributed by atoms with Crippen LogP contribution in [0.1, 0.15) is 0 Å². The van der Waals surface area contributed by atoms with Crippen LogP contribution in [0.4, 0.5) is 10.1 Å². The van der Waals surface area contributed by atoms with E-state index in [4.69, 9.17) is 4.42 Å². The van der Waals surface area contributed by atoms with Crippen LogP contribution >= 0.6 is 11.8 Å². The van der Waals surface area contributed by atoms with E-state index in [1.807, 2.05) is 48.5 Å². The predicted molar refractivity (Wildman–Crippen MR) is 112 cm³/mol. The maximum Gasteiger partial charge on any atom is 0.437 e. The summed E-state index contributed by atoms with van der Waals surface area (Å²) in [7, 11) is 0. The maximum atomic E-state index is 13.1. The Morgan fingerprint density at radius 2 is 1.70 bits per heavy atom. The highest BCUT2D eigenvalue weighted by atomic mass is 32.2. The van der Waals surface area contributed by atoms with Crippen LogP contribution in [-0.2, 0) is 11.3 Å². The molecule has 4 aromatic rings. The van der Waals surface area contributed by atoms with Crippen molar-refractivity contribution in [1.82, 2.24) is 9.78 Å². The van der Waals surface area contributed by atoms with E-state index in [9.17, 15) is 14.0 Å². The van der Waals surface area contributed by atoms with Crippen LogP contribution in [0.3, 0.4) is 0 Å². The van der Waals surface area contributed by atoms with Crippen molar-refractivity contribution < 1.29 is 13.6 Å². The van der Waals surface area contributed by atoms with Gasteiger partial charge in [0.25, 0.3) is 0 Å². The van der Waals surface area contributed by atoms with Crippen LogP contribution in [0.15, 0.2) is 97.9 Å². The van der Waals surface area contributed by atoms with Crippen LogP contribution in [-0.4, -0.2) is 15.7 Å². The third-order valence-electron chi connectivity index (χ3n) is 4.12. The SMILES string of the molecule is O=C(Cn1nc(-c2ccc(F)cc2)oc1=O)Nc1ccccc1Sc1ccccc1. The molecule has 150 valence electrons. The Labute approximate surface area is 175 Å². The lowest BCUT2D eigenvalue weighted by Gasteiger charge is -2.10. The molecule has 6 nitrogen and oxygen atoms in total. The van der Waals surface area contributed by atoms with Crippen molar-refractivity contribution >= 4 is 23.4 Å². The molecular formula is C22H16FN3O3S. The molecule has 30 heavy (non-hydrogen) atoms. The summed E-state index contributed by atoms with van der Waals surface area (Å²) in [6.45, 7) is -0.312. The number of anilines is 1. The Morgan fingerprint density at radius 3 is 2.47 bits per heavy atom. The zero-order chi connectivity index (χ0) is 20.9. The molecule has 0 aliphatic carbocycles. The third kappa shape index (κ3) is 4.66. The van der Waals surface area contributed by atoms with Crippen LogP contribution in [0, 0.1) is 5.82 Å². The summed E-state index contributed by atoms with van der Waals surface area (Å²) in [5, 5.41) is 6.84. The molecule has 1 amide bonds. The summed E-state index contributed by atoms with van der Waals surface area (Å²) >= 11 is 1.52. The number of carbonyl (C=O) groups is 1. The monoisotopic (exact) mass is 421 g/mol. The van der Waals surface area contributed by atoms with Gasteiger partial charge in [0.1, 0.15) is 12.4 Å². The number of benzene rings is 3. The lowest BCUT2D eigenvalue weighted by Crippen LogP contribution is -2.26. The Morgan fingerprint density at radius 1 is 1.00 bits per heavy atom. The third-order valence-corrected chi connectivity index (χ3v) is 5.21. The number of halogens is 1. The van der Waals surface area contributed by atoms with Gasteiger partial charge in [-0.2, -0.15) is 4.68 Å². The molecule has 0 spiro atoms. The molecule has 1 heterocycles. The van der Waals surface area contributed by atoms with Crippen molar-refractivity contribution in [3.05, 3.63) is 95.2 Å². The Bertz CT molecular complexity index is 1220. The molecule has 0 saturated carbocycles. The molecule has 0 fully saturated rings. The number of amides is 1. The van der Waals surface area contributed by atoms with Crippen molar-refractivity contribution in [3.8, 4) is 11.5 Å². The second-order valence-electron chi connectivity index (χ2n) is 6.30. The van der Waals surface area contributed by atoms with Gasteiger partial charge in [0.05, 0.1) is 5.69 Å². The summed E-state index contributed by atoms with van der Waals surface area (Å²) in [5.41, 5.74) is 1.07. The highest BCUT2D eigenvalue weighted by Crippen LogP contribution is 2.33. The minimum Gasteiger partial charge on any atom is -0.388 e. The van der Waals surface area contributed by atoms with Gasteiger partial charge in [0.15, 0.2) is 0 Å². The number of hydrogen-bond donors (Lipinski definition) is 1. The number of aromatic nitrogens is 2. The molecule has 0 unspecified atom stereocenters. The quantitative estimate of drug-likeness (QED) is 0.498. The highest BCUT2D eigenvalue weighted by Gasteiger charge is 2.14. The van der Waals surface area contributed by atoms with Gasteiger partial charge in [-0.25, -0.2) is 9.18 Å². The first-order valence-electron chi connectivity index (χ1n) is 9.04. The predicted octanol–water partition coefficient (Wildman–Crippen LogP) is 4.43. The summed E-state index contributed by atoms with van der Waals surface area (Å²) in [6.07, 6.45) is 0. The van der Waals surface area contributed by atoms with E-state index >= 15 is 0 Å². The van der Waals surface area contributed by atoms with Crippen LogP contribution < -0.4 is 11.1 Å². The van der Waals surface area contributed by atoms with Gasteiger partial charge in [0, 0.05) is 15.4 Å². The fourth-order valence-corrected chi connectivity index (χ4v) is 3.64. The van der Waals surface area contributed by atoms with Gasteiger partial charge >= 0.3 is 5.76 Å². The molecule has 0 bridgehead atoms. The van der Waals surface area contributed by atoms with Crippen LogP contribution in [0.5, 0.6) is 0 Å². The summed E-state index contributed by atoms with van der Waals surface area (Å²) in [6, 6.07) is 22.6. The zero-order valence-corrected chi connectivity index (χ0v) is 16.4. The topological polar surface area (TPSA) is 77.1 Å². The molecule has 0 aliphatic rings. The van der Waals surface area contributed by atoms with Crippen LogP contribution in [0.25, 0.3) is 11.5 Å². The van der Waals surface area contributed by atoms with E-state index in [0.29, 0.717) is 11.3 Å². The first-order chi connectivity index (χ1) is 14.6. The van der Waals surface area contributed by atoms with Crippen molar-refractivity contribution in [3.63, 3.8) is 0 Å². The normalized spacial score (nSPS) is 10.7. The molecule has 8 heteroatoms. The fourth-order valence-electron chi connectivity index (χ4n) is 2.72. The second-order valence-corrected chi connectivity index (χ2v) is 7.41. The molecule has 4 rings (SSSR count). The first kappa shape index (κ1) is 19.7. The molecule has 0 saturated heterocycles. The summed E-state index contributed by atoms with van der Waals surface area (Å²) in [5.74, 6) is -1.58. The molecule has 0 radical (unpaired) electrons. The molecule has 0 atom stereocenters. The first-order valence-corrected chi connectivity index (χ1v) is 9.86. The van der Waals surface area contributed by atoms with Gasteiger partial charge in [-0.05, 0) is 48.5 Å². The lowest BCUT2D eigenvalue weighted by molar-refractivity contribution is -0.117. The highest BCUT2D eigenvalue weighted by molar-refractivity contribution is 7.99. The Balaban J connectivity index is 1.48. The van der Waals surface area contributed by atoms with E-state index in [-0.39, 0.29) is 12.4 Å². The second kappa shape index (κ2) is 8.79. The standard InChI is InChI=1S/C22H16FN3O3S/c23-16-12-10-15(11-13-16)21-25-26(22(28)29-21)14-20(27)24-18-8-4-5-9-19(18)30-17-6-2-1-3-7-17/h1-13H,14H2,(H,24,27). The van der Waals surface area contributed by atoms with Gasteiger partial charge in [-0.3, -0.25) is 4.79 Å². The lowest BCUT2D eigenvalue weighted by atomic mass is 10.2. The number of rotatable bonds is 6. The van der Waals surface area contributed by atoms with Crippen LogP contribution in [0.2, 0.25) is 0 Å². The minimum atomic E-state index is -0.767. The summed E-state index contributed by atoms with van der Waals surface area (Å²) < 4.78 is 19.1. The van der Waals surface area contributed by atoms with E-state index in [0.717, 1.165) is 14.5 Å². The van der Waals surface area contributed by atoms with E-state index in [1.165, 1.54) is 36.0 Å². The Kier molecular flexibility index (Phi) is 5.76. The molecular weight excluding hydrogens is 405 g/mol. The number of hydrogen-bond acceptors (Lipinski definition) is 5. The fraction of sp³-hybridized carbons (Fsp3) is 0.0455. The van der Waals surface area contributed by atoms with Crippen molar-refractivity contribution in [2.45, 2.75) is 16.3 Å². The largest absolute Gasteiger partial charge is 0.437 e. The number of nitrogens with one attached hydrogen (secondary N) is 1.